The average Bonchev–Trinajstić information content (AvgIpc) is 3.42. The van der Waals surface area contributed by atoms with Crippen LogP contribution in [0.5, 0.6) is 5.75 Å². The van der Waals surface area contributed by atoms with E-state index in [1.807, 2.05) is 24.0 Å². The number of thiophene rings is 1. The Hall–Kier alpha value is -2.69. The fourth-order valence-electron chi connectivity index (χ4n) is 4.84. The predicted octanol–water partition coefficient (Wildman–Crippen LogP) is 4.22. The molecule has 1 unspecified atom stereocenters. The van der Waals surface area contributed by atoms with Gasteiger partial charge in [-0.05, 0) is 49.4 Å². The number of aromatic nitrogens is 2. The van der Waals surface area contributed by atoms with Crippen LogP contribution >= 0.6 is 23.1 Å². The zero-order chi connectivity index (χ0) is 24.5. The Morgan fingerprint density at radius 1 is 1.29 bits per heavy atom. The van der Waals surface area contributed by atoms with E-state index in [1.165, 1.54) is 22.2 Å². The molecule has 1 aromatic carbocycles. The predicted molar refractivity (Wildman–Crippen MR) is 138 cm³/mol. The largest absolute Gasteiger partial charge is 0.495 e. The van der Waals surface area contributed by atoms with Gasteiger partial charge in [0.15, 0.2) is 5.12 Å². The summed E-state index contributed by atoms with van der Waals surface area (Å²) in [7, 11) is 3.29. The highest BCUT2D eigenvalue weighted by Gasteiger charge is 2.31. The Morgan fingerprint density at radius 3 is 2.91 bits per heavy atom. The average molecular weight is 513 g/mol. The summed E-state index contributed by atoms with van der Waals surface area (Å²) in [6.07, 6.45) is 4.32. The number of anilines is 2. The summed E-state index contributed by atoms with van der Waals surface area (Å²) in [5, 5.41) is 4.60. The van der Waals surface area contributed by atoms with E-state index in [1.54, 1.807) is 31.9 Å². The highest BCUT2D eigenvalue weighted by molar-refractivity contribution is 8.14. The Balaban J connectivity index is 1.44. The van der Waals surface area contributed by atoms with E-state index < -0.39 is 0 Å². The second-order valence-corrected chi connectivity index (χ2v) is 10.9. The number of fused-ring (bicyclic) bond motifs is 4. The van der Waals surface area contributed by atoms with Crippen LogP contribution < -0.4 is 10.1 Å². The van der Waals surface area contributed by atoms with E-state index in [2.05, 4.69) is 15.3 Å². The first kappa shape index (κ1) is 24.0. The van der Waals surface area contributed by atoms with Crippen molar-refractivity contribution in [1.82, 2.24) is 14.9 Å². The molecular weight excluding hydrogens is 484 g/mol. The van der Waals surface area contributed by atoms with Crippen molar-refractivity contribution in [2.24, 2.45) is 5.92 Å². The van der Waals surface area contributed by atoms with Crippen LogP contribution in [0.2, 0.25) is 0 Å². The van der Waals surface area contributed by atoms with Gasteiger partial charge in [0, 0.05) is 42.3 Å². The number of aryl methyl sites for hydroxylation is 1. The van der Waals surface area contributed by atoms with Crippen LogP contribution in [-0.2, 0) is 33.6 Å². The van der Waals surface area contributed by atoms with E-state index in [0.29, 0.717) is 31.9 Å². The van der Waals surface area contributed by atoms with Crippen LogP contribution in [0.3, 0.4) is 0 Å². The number of thioether (sulfide) groups is 1. The first-order chi connectivity index (χ1) is 17.0. The zero-order valence-corrected chi connectivity index (χ0v) is 21.7. The molecular formula is C25H28N4O4S2. The number of carbonyl (C=O) groups excluding carboxylic acids is 2. The molecule has 1 amide bonds. The van der Waals surface area contributed by atoms with E-state index in [-0.39, 0.29) is 16.9 Å². The van der Waals surface area contributed by atoms with Crippen LogP contribution in [0, 0.1) is 5.92 Å². The minimum atomic E-state index is -0.0249. The SMILES string of the molecule is CCN(CCOC)C(=O)C1CCc2c(sc3ncnc(Nc4cc5c(cc4OC)CC(=O)S5)c23)C1. The monoisotopic (exact) mass is 512 g/mol. The molecule has 2 aliphatic rings. The fourth-order valence-corrected chi connectivity index (χ4v) is 7.02. The number of ether oxygens (including phenoxy) is 2. The van der Waals surface area contributed by atoms with Gasteiger partial charge in [-0.1, -0.05) is 11.8 Å². The van der Waals surface area contributed by atoms with Crippen molar-refractivity contribution in [3.8, 4) is 5.75 Å². The minimum Gasteiger partial charge on any atom is -0.495 e. The molecule has 2 aromatic heterocycles. The molecule has 8 nitrogen and oxygen atoms in total. The van der Waals surface area contributed by atoms with Crippen molar-refractivity contribution >= 4 is 55.8 Å². The number of nitrogens with one attached hydrogen (secondary N) is 1. The number of nitrogens with zero attached hydrogens (tertiary/aromatic N) is 3. The van der Waals surface area contributed by atoms with Crippen molar-refractivity contribution in [2.45, 2.75) is 37.5 Å². The van der Waals surface area contributed by atoms with Gasteiger partial charge in [-0.2, -0.15) is 0 Å². The third-order valence-corrected chi connectivity index (χ3v) is 8.78. The molecule has 1 N–H and O–H groups in total. The van der Waals surface area contributed by atoms with Gasteiger partial charge in [0.25, 0.3) is 0 Å². The van der Waals surface area contributed by atoms with E-state index in [4.69, 9.17) is 9.47 Å². The van der Waals surface area contributed by atoms with Crippen LogP contribution in [-0.4, -0.2) is 59.8 Å². The van der Waals surface area contributed by atoms with E-state index in [0.717, 1.165) is 51.4 Å². The topological polar surface area (TPSA) is 93.7 Å². The lowest BCUT2D eigenvalue weighted by Gasteiger charge is -2.28. The van der Waals surface area contributed by atoms with Crippen molar-refractivity contribution in [3.63, 3.8) is 0 Å². The molecule has 35 heavy (non-hydrogen) atoms. The Morgan fingerprint density at radius 2 is 2.14 bits per heavy atom. The summed E-state index contributed by atoms with van der Waals surface area (Å²) < 4.78 is 10.8. The van der Waals surface area contributed by atoms with Gasteiger partial charge >= 0.3 is 0 Å². The number of methoxy groups -OCH3 is 2. The van der Waals surface area contributed by atoms with Crippen molar-refractivity contribution in [1.29, 1.82) is 0 Å². The zero-order valence-electron chi connectivity index (χ0n) is 20.1. The van der Waals surface area contributed by atoms with Gasteiger partial charge in [-0.3, -0.25) is 9.59 Å². The second kappa shape index (κ2) is 10.1. The number of hydrogen-bond acceptors (Lipinski definition) is 9. The van der Waals surface area contributed by atoms with Crippen LogP contribution in [0.25, 0.3) is 10.2 Å². The van der Waals surface area contributed by atoms with Crippen molar-refractivity contribution in [2.75, 3.05) is 39.2 Å². The molecule has 0 spiro atoms. The van der Waals surface area contributed by atoms with Crippen molar-refractivity contribution in [3.05, 3.63) is 34.5 Å². The fraction of sp³-hybridized carbons (Fsp3) is 0.440. The first-order valence-corrected chi connectivity index (χ1v) is 13.4. The molecule has 0 saturated carbocycles. The number of rotatable bonds is 8. The lowest BCUT2D eigenvalue weighted by atomic mass is 9.87. The molecule has 0 saturated heterocycles. The van der Waals surface area contributed by atoms with E-state index in [9.17, 15) is 9.59 Å². The molecule has 3 aromatic rings. The van der Waals surface area contributed by atoms with Crippen molar-refractivity contribution < 1.29 is 19.1 Å². The Bertz CT molecular complexity index is 1290. The highest BCUT2D eigenvalue weighted by atomic mass is 32.2. The Labute approximate surface area is 212 Å². The maximum Gasteiger partial charge on any atom is 0.226 e. The number of amides is 1. The molecule has 3 heterocycles. The maximum atomic E-state index is 13.1. The van der Waals surface area contributed by atoms with Gasteiger partial charge in [0.05, 0.1) is 24.8 Å². The summed E-state index contributed by atoms with van der Waals surface area (Å²) in [4.78, 5) is 39.1. The number of hydrogen-bond donors (Lipinski definition) is 1. The lowest BCUT2D eigenvalue weighted by Crippen LogP contribution is -2.39. The third kappa shape index (κ3) is 4.62. The summed E-state index contributed by atoms with van der Waals surface area (Å²) in [5.41, 5.74) is 2.99. The van der Waals surface area contributed by atoms with Crippen LogP contribution in [0.1, 0.15) is 29.3 Å². The molecule has 184 valence electrons. The van der Waals surface area contributed by atoms with Gasteiger partial charge < -0.3 is 19.7 Å². The smallest absolute Gasteiger partial charge is 0.226 e. The summed E-state index contributed by atoms with van der Waals surface area (Å²) >= 11 is 2.91. The number of carbonyl (C=O) groups is 2. The van der Waals surface area contributed by atoms with Gasteiger partial charge in [0.2, 0.25) is 5.91 Å². The summed E-state index contributed by atoms with van der Waals surface area (Å²) in [6.45, 7) is 3.86. The molecule has 10 heteroatoms. The van der Waals surface area contributed by atoms with Crippen LogP contribution in [0.4, 0.5) is 11.5 Å². The molecule has 1 aliphatic carbocycles. The quantitative estimate of drug-likeness (QED) is 0.480. The van der Waals surface area contributed by atoms with E-state index >= 15 is 0 Å². The minimum absolute atomic E-state index is 0.0249. The normalized spacial score (nSPS) is 16.8. The molecule has 0 fully saturated rings. The third-order valence-electron chi connectivity index (χ3n) is 6.65. The molecule has 0 radical (unpaired) electrons. The number of likely N-dealkylation sites (N-methyl/N-ethyl adjacent to an activating group) is 1. The lowest BCUT2D eigenvalue weighted by molar-refractivity contribution is -0.136. The van der Waals surface area contributed by atoms with Crippen LogP contribution in [0.15, 0.2) is 23.4 Å². The highest BCUT2D eigenvalue weighted by Crippen LogP contribution is 2.43. The standard InChI is InChI=1S/C25H28N4O4S2/c1-4-29(7-8-32-2)25(31)14-5-6-16-20(10-14)35-24-22(16)23(26-13-27-24)28-17-12-19-15(9-18(17)33-3)11-21(30)34-19/h9,12-14H,4-8,10-11H2,1-3H3,(H,26,27,28). The summed E-state index contributed by atoms with van der Waals surface area (Å²) in [5.74, 6) is 1.58. The van der Waals surface area contributed by atoms with Gasteiger partial charge in [0.1, 0.15) is 22.7 Å². The van der Waals surface area contributed by atoms with Gasteiger partial charge in [-0.15, -0.1) is 11.3 Å². The molecule has 1 aliphatic heterocycles. The second-order valence-electron chi connectivity index (χ2n) is 8.69. The molecule has 0 bridgehead atoms. The number of benzene rings is 1. The van der Waals surface area contributed by atoms with Gasteiger partial charge in [-0.25, -0.2) is 9.97 Å². The first-order valence-electron chi connectivity index (χ1n) is 11.7. The molecule has 1 atom stereocenters. The molecule has 5 rings (SSSR count). The maximum absolute atomic E-state index is 13.1. The Kier molecular flexibility index (Phi) is 6.95. The summed E-state index contributed by atoms with van der Waals surface area (Å²) in [6, 6.07) is 3.89.